The molecule has 0 amide bonds. The SMILES string of the molecule is COCCC(Nc1ccccc1S(N)(=O)=O)c1cc(OC)c2[nH]c(-c3ccc(C(C)C)cc3)nc2c1C(F)(F)F. The van der Waals surface area contributed by atoms with E-state index in [0.717, 1.165) is 5.56 Å². The first-order valence-corrected chi connectivity index (χ1v) is 14.0. The molecule has 12 heteroatoms. The van der Waals surface area contributed by atoms with Crippen LogP contribution in [0.3, 0.4) is 0 Å². The summed E-state index contributed by atoms with van der Waals surface area (Å²) in [5.74, 6) is 0.701. The summed E-state index contributed by atoms with van der Waals surface area (Å²) in [5, 5.41) is 8.32. The Morgan fingerprint density at radius 1 is 1.07 bits per heavy atom. The van der Waals surface area contributed by atoms with Crippen LogP contribution < -0.4 is 15.2 Å². The number of fused-ring (bicyclic) bond motifs is 1. The summed E-state index contributed by atoms with van der Waals surface area (Å²) in [4.78, 5) is 7.15. The lowest BCUT2D eigenvalue weighted by molar-refractivity contribution is -0.137. The van der Waals surface area contributed by atoms with Gasteiger partial charge in [0.2, 0.25) is 10.0 Å². The van der Waals surface area contributed by atoms with Gasteiger partial charge in [-0.25, -0.2) is 18.5 Å². The first kappa shape index (κ1) is 29.4. The van der Waals surface area contributed by atoms with Crippen LogP contribution in [-0.4, -0.2) is 39.2 Å². The zero-order valence-electron chi connectivity index (χ0n) is 22.5. The highest BCUT2D eigenvalue weighted by Gasteiger charge is 2.40. The lowest BCUT2D eigenvalue weighted by Gasteiger charge is -2.25. The number of nitrogens with zero attached hydrogens (tertiary/aromatic N) is 1. The van der Waals surface area contributed by atoms with Crippen molar-refractivity contribution < 1.29 is 31.1 Å². The zero-order valence-corrected chi connectivity index (χ0v) is 23.3. The number of nitrogens with two attached hydrogens (primary N) is 1. The van der Waals surface area contributed by atoms with E-state index >= 15 is 0 Å². The van der Waals surface area contributed by atoms with Crippen molar-refractivity contribution in [3.63, 3.8) is 0 Å². The fourth-order valence-electron chi connectivity index (χ4n) is 4.61. The molecule has 214 valence electrons. The predicted molar refractivity (Wildman–Crippen MR) is 148 cm³/mol. The Kier molecular flexibility index (Phi) is 8.43. The van der Waals surface area contributed by atoms with Crippen molar-refractivity contribution in [2.45, 2.75) is 43.3 Å². The van der Waals surface area contributed by atoms with Crippen LogP contribution in [0.1, 0.15) is 48.9 Å². The molecule has 0 radical (unpaired) electrons. The number of halogens is 3. The van der Waals surface area contributed by atoms with Crippen LogP contribution in [0.15, 0.2) is 59.5 Å². The number of methoxy groups -OCH3 is 2. The van der Waals surface area contributed by atoms with Gasteiger partial charge in [-0.1, -0.05) is 50.2 Å². The molecule has 1 heterocycles. The molecule has 0 saturated heterocycles. The minimum absolute atomic E-state index is 0.0613. The van der Waals surface area contributed by atoms with Crippen molar-refractivity contribution in [1.82, 2.24) is 9.97 Å². The third-order valence-electron chi connectivity index (χ3n) is 6.63. The average Bonchev–Trinajstić information content (AvgIpc) is 3.34. The fourth-order valence-corrected chi connectivity index (χ4v) is 5.32. The van der Waals surface area contributed by atoms with Gasteiger partial charge in [0.05, 0.1) is 24.4 Å². The van der Waals surface area contributed by atoms with Crippen LogP contribution in [0.4, 0.5) is 18.9 Å². The second-order valence-corrected chi connectivity index (χ2v) is 11.2. The van der Waals surface area contributed by atoms with Crippen LogP contribution in [0, 0.1) is 0 Å². The van der Waals surface area contributed by atoms with Crippen molar-refractivity contribution in [2.75, 3.05) is 26.1 Å². The number of ether oxygens (including phenoxy) is 2. The van der Waals surface area contributed by atoms with E-state index in [0.29, 0.717) is 11.5 Å². The van der Waals surface area contributed by atoms with Gasteiger partial charge in [0.1, 0.15) is 27.5 Å². The van der Waals surface area contributed by atoms with E-state index in [1.807, 2.05) is 26.0 Å². The average molecular weight is 577 g/mol. The lowest BCUT2D eigenvalue weighted by Crippen LogP contribution is -2.21. The highest BCUT2D eigenvalue weighted by Crippen LogP contribution is 2.44. The molecule has 0 aliphatic heterocycles. The van der Waals surface area contributed by atoms with E-state index in [1.54, 1.807) is 18.2 Å². The Labute approximate surface area is 230 Å². The van der Waals surface area contributed by atoms with E-state index < -0.39 is 27.8 Å². The summed E-state index contributed by atoms with van der Waals surface area (Å²) < 4.78 is 79.4. The van der Waals surface area contributed by atoms with Gasteiger partial charge in [-0.15, -0.1) is 0 Å². The van der Waals surface area contributed by atoms with Crippen LogP contribution in [0.5, 0.6) is 5.75 Å². The first-order valence-electron chi connectivity index (χ1n) is 12.5. The summed E-state index contributed by atoms with van der Waals surface area (Å²) in [5.41, 5.74) is 0.408. The number of aromatic nitrogens is 2. The summed E-state index contributed by atoms with van der Waals surface area (Å²) in [7, 11) is -1.38. The van der Waals surface area contributed by atoms with E-state index in [1.165, 1.54) is 38.5 Å². The van der Waals surface area contributed by atoms with Crippen LogP contribution in [0.25, 0.3) is 22.4 Å². The highest BCUT2D eigenvalue weighted by molar-refractivity contribution is 7.89. The molecule has 0 saturated carbocycles. The van der Waals surface area contributed by atoms with Crippen LogP contribution in [-0.2, 0) is 20.9 Å². The quantitative estimate of drug-likeness (QED) is 0.206. The third kappa shape index (κ3) is 6.08. The maximum Gasteiger partial charge on any atom is 0.418 e. The Bertz CT molecular complexity index is 1600. The number of nitrogens with one attached hydrogen (secondary N) is 2. The molecule has 0 spiro atoms. The molecule has 4 aromatic rings. The number of para-hydroxylation sites is 1. The van der Waals surface area contributed by atoms with Crippen molar-refractivity contribution in [3.8, 4) is 17.1 Å². The molecule has 1 aromatic heterocycles. The number of rotatable bonds is 10. The number of imidazole rings is 1. The molecule has 3 aromatic carbocycles. The molecule has 0 aliphatic rings. The number of sulfonamides is 1. The second-order valence-electron chi connectivity index (χ2n) is 9.65. The fraction of sp³-hybridized carbons (Fsp3) is 0.321. The van der Waals surface area contributed by atoms with Crippen LogP contribution in [0.2, 0.25) is 0 Å². The topological polar surface area (TPSA) is 119 Å². The van der Waals surface area contributed by atoms with Crippen molar-refractivity contribution >= 4 is 26.7 Å². The number of alkyl halides is 3. The van der Waals surface area contributed by atoms with Crippen LogP contribution >= 0.6 is 0 Å². The van der Waals surface area contributed by atoms with Gasteiger partial charge in [0.15, 0.2) is 0 Å². The van der Waals surface area contributed by atoms with Gasteiger partial charge in [-0.2, -0.15) is 13.2 Å². The number of primary sulfonamides is 1. The number of anilines is 1. The lowest BCUT2D eigenvalue weighted by atomic mass is 9.95. The number of benzene rings is 3. The molecule has 8 nitrogen and oxygen atoms in total. The van der Waals surface area contributed by atoms with Crippen molar-refractivity contribution in [1.29, 1.82) is 0 Å². The highest BCUT2D eigenvalue weighted by atomic mass is 32.2. The molecule has 0 aliphatic carbocycles. The van der Waals surface area contributed by atoms with Crippen molar-refractivity contribution in [3.05, 3.63) is 71.3 Å². The van der Waals surface area contributed by atoms with Gasteiger partial charge in [-0.05, 0) is 41.7 Å². The van der Waals surface area contributed by atoms with E-state index in [4.69, 9.17) is 14.6 Å². The van der Waals surface area contributed by atoms with Gasteiger partial charge in [0, 0.05) is 19.3 Å². The summed E-state index contributed by atoms with van der Waals surface area (Å²) in [6.45, 7) is 4.18. The van der Waals surface area contributed by atoms with Gasteiger partial charge in [0.25, 0.3) is 0 Å². The largest absolute Gasteiger partial charge is 0.494 e. The predicted octanol–water partition coefficient (Wildman–Crippen LogP) is 6.22. The standard InChI is InChI=1S/C28H31F3N4O4S/c1-16(2)17-9-11-18(12-10-17)27-34-25-22(39-4)15-19(24(26(25)35-27)28(29,30)31)20(13-14-38-3)33-21-7-5-6-8-23(21)40(32,36)37/h5-12,15-16,20,33H,13-14H2,1-4H3,(H,34,35)(H2,32,36,37). The minimum Gasteiger partial charge on any atom is -0.494 e. The molecular weight excluding hydrogens is 545 g/mol. The Morgan fingerprint density at radius 2 is 1.75 bits per heavy atom. The number of hydrogen-bond acceptors (Lipinski definition) is 6. The number of hydrogen-bond donors (Lipinski definition) is 3. The summed E-state index contributed by atoms with van der Waals surface area (Å²) in [6.07, 6.45) is -4.73. The third-order valence-corrected chi connectivity index (χ3v) is 7.59. The summed E-state index contributed by atoms with van der Waals surface area (Å²) in [6, 6.07) is 13.4. The Balaban J connectivity index is 1.93. The zero-order chi connectivity index (χ0) is 29.2. The normalized spacial score (nSPS) is 13.1. The first-order chi connectivity index (χ1) is 18.8. The molecule has 0 bridgehead atoms. The van der Waals surface area contributed by atoms with E-state index in [9.17, 15) is 21.6 Å². The molecular formula is C28H31F3N4O4S. The molecule has 40 heavy (non-hydrogen) atoms. The molecule has 1 unspecified atom stereocenters. The Morgan fingerprint density at radius 3 is 2.33 bits per heavy atom. The van der Waals surface area contributed by atoms with Crippen molar-refractivity contribution in [2.24, 2.45) is 5.14 Å². The molecule has 4 rings (SSSR count). The van der Waals surface area contributed by atoms with Gasteiger partial charge in [-0.3, -0.25) is 0 Å². The second kappa shape index (κ2) is 11.5. The molecule has 1 atom stereocenters. The van der Waals surface area contributed by atoms with E-state index in [-0.39, 0.29) is 51.8 Å². The van der Waals surface area contributed by atoms with Gasteiger partial charge >= 0.3 is 6.18 Å². The van der Waals surface area contributed by atoms with Gasteiger partial charge < -0.3 is 19.8 Å². The molecule has 0 fully saturated rings. The monoisotopic (exact) mass is 576 g/mol. The summed E-state index contributed by atoms with van der Waals surface area (Å²) >= 11 is 0. The Hall–Kier alpha value is -3.61. The minimum atomic E-state index is -4.81. The maximum absolute atomic E-state index is 14.8. The number of aromatic amines is 1. The molecule has 4 N–H and O–H groups in total. The number of H-pyrrole nitrogens is 1. The van der Waals surface area contributed by atoms with E-state index in [2.05, 4.69) is 15.3 Å². The smallest absolute Gasteiger partial charge is 0.418 e. The maximum atomic E-state index is 14.8.